The minimum atomic E-state index is 0.0527. The van der Waals surface area contributed by atoms with E-state index in [1.807, 2.05) is 12.2 Å². The molecule has 2 aliphatic rings. The summed E-state index contributed by atoms with van der Waals surface area (Å²) in [6.45, 7) is 7.18. The predicted molar refractivity (Wildman–Crippen MR) is 103 cm³/mol. The maximum Gasteiger partial charge on any atom is 0.116 e. The molecule has 0 amide bonds. The molecule has 0 aliphatic heterocycles. The van der Waals surface area contributed by atoms with Gasteiger partial charge in [0.25, 0.3) is 0 Å². The highest BCUT2D eigenvalue weighted by Crippen LogP contribution is 2.49. The molecule has 130 valence electrons. The Labute approximate surface area is 146 Å². The molecule has 0 aromatic carbocycles. The second-order valence-electron chi connectivity index (χ2n) is 6.20. The number of carbonyl (C=O) groups excluding carboxylic acids is 1. The minimum absolute atomic E-state index is 0.0527. The van der Waals surface area contributed by atoms with Gasteiger partial charge in [0.15, 0.2) is 0 Å². The highest BCUT2D eigenvalue weighted by molar-refractivity contribution is 5.45. The fourth-order valence-electron chi connectivity index (χ4n) is 3.43. The molecule has 0 aromatic rings. The number of rotatable bonds is 4. The van der Waals surface area contributed by atoms with E-state index in [0.29, 0.717) is 5.76 Å². The normalized spacial score (nSPS) is 20.3. The Morgan fingerprint density at radius 1 is 1.21 bits per heavy atom. The largest absolute Gasteiger partial charge is 0.513 e. The first kappa shape index (κ1) is 20.0. The molecule has 2 heteroatoms. The van der Waals surface area contributed by atoms with Gasteiger partial charge in [-0.25, -0.2) is 0 Å². The Kier molecular flexibility index (Phi) is 8.85. The third-order valence-electron chi connectivity index (χ3n) is 4.52. The standard InChI is InChI=1S/C20H26O.C2H4O/c1-3-18(14-13-17(2)21)20(15-9-6-10-16-20)19-11-7-4-5-8-12-19;1-2-3/h3-4,7-8,11-14,21H,1,5-6,9-10,15-16H2,2H3;2H,1H3/b17-13+,18-14+;. The van der Waals surface area contributed by atoms with Gasteiger partial charge in [0, 0.05) is 5.41 Å². The predicted octanol–water partition coefficient (Wildman–Crippen LogP) is 6.16. The van der Waals surface area contributed by atoms with Crippen LogP contribution in [-0.2, 0) is 4.79 Å². The van der Waals surface area contributed by atoms with Crippen LogP contribution in [0.1, 0.15) is 52.4 Å². The second-order valence-corrected chi connectivity index (χ2v) is 6.20. The van der Waals surface area contributed by atoms with E-state index in [2.05, 4.69) is 37.0 Å². The van der Waals surface area contributed by atoms with Crippen LogP contribution in [0.5, 0.6) is 0 Å². The number of hydrogen-bond acceptors (Lipinski definition) is 2. The molecule has 2 rings (SSSR count). The van der Waals surface area contributed by atoms with E-state index in [-0.39, 0.29) is 5.41 Å². The zero-order chi connectivity index (χ0) is 17.8. The van der Waals surface area contributed by atoms with E-state index >= 15 is 0 Å². The van der Waals surface area contributed by atoms with Crippen LogP contribution in [0.25, 0.3) is 0 Å². The summed E-state index contributed by atoms with van der Waals surface area (Å²) in [6.07, 6.45) is 24.8. The molecule has 0 spiro atoms. The van der Waals surface area contributed by atoms with Gasteiger partial charge in [-0.15, -0.1) is 0 Å². The SMILES string of the molecule is C=C/C(=C\C=C(/C)O)C1(C2=CC=CCC=C2)CCCCC1.CC=O. The smallest absolute Gasteiger partial charge is 0.116 e. The molecule has 0 unspecified atom stereocenters. The Balaban J connectivity index is 0.000000891. The van der Waals surface area contributed by atoms with Crippen LogP contribution in [0.4, 0.5) is 0 Å². The molecule has 1 fully saturated rings. The fraction of sp³-hybridized carbons (Fsp3) is 0.409. The van der Waals surface area contributed by atoms with Gasteiger partial charge in [-0.05, 0) is 50.3 Å². The molecule has 0 bridgehead atoms. The van der Waals surface area contributed by atoms with Gasteiger partial charge in [-0.1, -0.05) is 68.4 Å². The van der Waals surface area contributed by atoms with Crippen LogP contribution in [0.2, 0.25) is 0 Å². The van der Waals surface area contributed by atoms with Crippen molar-refractivity contribution >= 4 is 6.29 Å². The van der Waals surface area contributed by atoms with Gasteiger partial charge in [-0.2, -0.15) is 0 Å². The molecule has 24 heavy (non-hydrogen) atoms. The lowest BCUT2D eigenvalue weighted by atomic mass is 9.64. The lowest BCUT2D eigenvalue weighted by Gasteiger charge is -2.40. The van der Waals surface area contributed by atoms with Crippen molar-refractivity contribution in [3.8, 4) is 0 Å². The zero-order valence-electron chi connectivity index (χ0n) is 15.0. The Morgan fingerprint density at radius 2 is 1.88 bits per heavy atom. The van der Waals surface area contributed by atoms with E-state index < -0.39 is 0 Å². The monoisotopic (exact) mass is 326 g/mol. The first-order valence-electron chi connectivity index (χ1n) is 8.75. The number of aliphatic hydroxyl groups excluding tert-OH is 1. The van der Waals surface area contributed by atoms with Gasteiger partial charge >= 0.3 is 0 Å². The number of allylic oxidation sites excluding steroid dienone is 11. The van der Waals surface area contributed by atoms with Crippen molar-refractivity contribution < 1.29 is 9.90 Å². The van der Waals surface area contributed by atoms with Gasteiger partial charge < -0.3 is 9.90 Å². The summed E-state index contributed by atoms with van der Waals surface area (Å²) < 4.78 is 0. The average Bonchev–Trinajstić information content (AvgIpc) is 2.86. The van der Waals surface area contributed by atoms with Crippen LogP contribution in [-0.4, -0.2) is 11.4 Å². The van der Waals surface area contributed by atoms with Crippen LogP contribution < -0.4 is 0 Å². The summed E-state index contributed by atoms with van der Waals surface area (Å²) in [5.41, 5.74) is 2.66. The molecule has 1 N–H and O–H groups in total. The van der Waals surface area contributed by atoms with E-state index in [9.17, 15) is 5.11 Å². The molecular formula is C22H30O2. The minimum Gasteiger partial charge on any atom is -0.513 e. The van der Waals surface area contributed by atoms with E-state index in [4.69, 9.17) is 4.79 Å². The Bertz CT molecular complexity index is 561. The summed E-state index contributed by atoms with van der Waals surface area (Å²) in [4.78, 5) is 8.81. The molecular weight excluding hydrogens is 296 g/mol. The first-order valence-corrected chi connectivity index (χ1v) is 8.75. The van der Waals surface area contributed by atoms with Crippen molar-refractivity contribution in [1.82, 2.24) is 0 Å². The maximum atomic E-state index is 9.48. The van der Waals surface area contributed by atoms with Gasteiger partial charge in [0.2, 0.25) is 0 Å². The summed E-state index contributed by atoms with van der Waals surface area (Å²) in [5.74, 6) is 0.339. The third kappa shape index (κ3) is 5.52. The summed E-state index contributed by atoms with van der Waals surface area (Å²) in [7, 11) is 0. The molecule has 0 heterocycles. The molecule has 0 atom stereocenters. The van der Waals surface area contributed by atoms with E-state index in [0.717, 1.165) is 25.5 Å². The quantitative estimate of drug-likeness (QED) is 0.381. The Morgan fingerprint density at radius 3 is 2.46 bits per heavy atom. The summed E-state index contributed by atoms with van der Waals surface area (Å²) in [5, 5.41) is 9.48. The lowest BCUT2D eigenvalue weighted by molar-refractivity contribution is -0.106. The fourth-order valence-corrected chi connectivity index (χ4v) is 3.43. The van der Waals surface area contributed by atoms with E-state index in [1.54, 1.807) is 13.0 Å². The second kappa shape index (κ2) is 10.6. The molecule has 1 saturated carbocycles. The third-order valence-corrected chi connectivity index (χ3v) is 4.52. The van der Waals surface area contributed by atoms with Crippen molar-refractivity contribution in [1.29, 1.82) is 0 Å². The highest BCUT2D eigenvalue weighted by Gasteiger charge is 2.36. The molecule has 0 radical (unpaired) electrons. The number of carbonyl (C=O) groups is 1. The topological polar surface area (TPSA) is 37.3 Å². The average molecular weight is 326 g/mol. The van der Waals surface area contributed by atoms with Crippen molar-refractivity contribution in [2.45, 2.75) is 52.4 Å². The van der Waals surface area contributed by atoms with Gasteiger partial charge in [0.1, 0.15) is 6.29 Å². The van der Waals surface area contributed by atoms with Crippen LogP contribution in [0.3, 0.4) is 0 Å². The number of aldehydes is 1. The van der Waals surface area contributed by atoms with E-state index in [1.165, 1.54) is 37.3 Å². The molecule has 2 aliphatic carbocycles. The Hall–Kier alpha value is -2.09. The van der Waals surface area contributed by atoms with Crippen LogP contribution in [0.15, 0.2) is 72.1 Å². The van der Waals surface area contributed by atoms with Crippen molar-refractivity contribution in [3.63, 3.8) is 0 Å². The van der Waals surface area contributed by atoms with Gasteiger partial charge in [0.05, 0.1) is 5.76 Å². The highest BCUT2D eigenvalue weighted by atomic mass is 16.3. The van der Waals surface area contributed by atoms with Gasteiger partial charge in [-0.3, -0.25) is 0 Å². The molecule has 0 saturated heterocycles. The zero-order valence-corrected chi connectivity index (χ0v) is 15.0. The first-order chi connectivity index (χ1) is 11.6. The number of hydrogen-bond donors (Lipinski definition) is 1. The summed E-state index contributed by atoms with van der Waals surface area (Å²) >= 11 is 0. The van der Waals surface area contributed by atoms with Crippen molar-refractivity contribution in [2.75, 3.05) is 0 Å². The molecule has 2 nitrogen and oxygen atoms in total. The maximum absolute atomic E-state index is 9.48. The van der Waals surface area contributed by atoms with Crippen molar-refractivity contribution in [2.24, 2.45) is 5.41 Å². The van der Waals surface area contributed by atoms with Crippen molar-refractivity contribution in [3.05, 3.63) is 72.1 Å². The summed E-state index contributed by atoms with van der Waals surface area (Å²) in [6, 6.07) is 0. The van der Waals surface area contributed by atoms with Crippen LogP contribution >= 0.6 is 0 Å². The number of aliphatic hydroxyl groups is 1. The van der Waals surface area contributed by atoms with Crippen LogP contribution in [0, 0.1) is 5.41 Å². The lowest BCUT2D eigenvalue weighted by Crippen LogP contribution is -2.27. The molecule has 0 aromatic heterocycles.